The predicted octanol–water partition coefficient (Wildman–Crippen LogP) is 4.66. The molecular weight excluding hydrogens is 427 g/mol. The number of hydrogen-bond donors (Lipinski definition) is 1. The Morgan fingerprint density at radius 2 is 1.94 bits per heavy atom. The van der Waals surface area contributed by atoms with Crippen LogP contribution < -0.4 is 15.0 Å². The molecular formula is C23H25FN6O3. The van der Waals surface area contributed by atoms with Gasteiger partial charge in [-0.3, -0.25) is 4.98 Å². The molecule has 1 fully saturated rings. The Bertz CT molecular complexity index is 1140. The largest absolute Gasteiger partial charge is 0.456 e. The zero-order valence-corrected chi connectivity index (χ0v) is 18.8. The van der Waals surface area contributed by atoms with Crippen LogP contribution in [0.4, 0.5) is 21.1 Å². The normalized spacial score (nSPS) is 16.6. The number of hydrogen-bond acceptors (Lipinski definition) is 8. The lowest BCUT2D eigenvalue weighted by atomic mass is 10.1. The van der Waals surface area contributed by atoms with E-state index in [-0.39, 0.29) is 29.8 Å². The molecule has 1 aliphatic rings. The first-order valence-electron chi connectivity index (χ1n) is 10.6. The number of amides is 1. The quantitative estimate of drug-likeness (QED) is 0.552. The topological polar surface area (TPSA) is 102 Å². The van der Waals surface area contributed by atoms with Crippen LogP contribution in [0.5, 0.6) is 11.5 Å². The summed E-state index contributed by atoms with van der Waals surface area (Å²) < 4.78 is 24.4. The highest BCUT2D eigenvalue weighted by Crippen LogP contribution is 2.26. The third-order valence-electron chi connectivity index (χ3n) is 5.36. The minimum absolute atomic E-state index is 0.135. The van der Waals surface area contributed by atoms with Crippen LogP contribution in [0.3, 0.4) is 0 Å². The number of ether oxygens (including phenoxy) is 2. The fourth-order valence-corrected chi connectivity index (χ4v) is 3.42. The molecule has 2 atom stereocenters. The maximum absolute atomic E-state index is 13.4. The molecule has 0 bridgehead atoms. The van der Waals surface area contributed by atoms with Crippen LogP contribution >= 0.6 is 0 Å². The summed E-state index contributed by atoms with van der Waals surface area (Å²) in [5.41, 5.74) is 1.24. The fourth-order valence-electron chi connectivity index (χ4n) is 3.42. The first kappa shape index (κ1) is 22.4. The van der Waals surface area contributed by atoms with Crippen molar-refractivity contribution in [3.63, 3.8) is 0 Å². The van der Waals surface area contributed by atoms with Gasteiger partial charge in [0.05, 0.1) is 24.0 Å². The molecule has 1 N–H and O–H groups in total. The Morgan fingerprint density at radius 1 is 1.15 bits per heavy atom. The molecule has 9 nitrogen and oxygen atoms in total. The molecule has 1 saturated heterocycles. The highest BCUT2D eigenvalue weighted by Gasteiger charge is 2.38. The van der Waals surface area contributed by atoms with E-state index in [0.717, 1.165) is 5.69 Å². The van der Waals surface area contributed by atoms with Crippen molar-refractivity contribution in [3.8, 4) is 11.5 Å². The molecule has 3 heterocycles. The molecule has 1 aromatic carbocycles. The number of aromatic nitrogens is 4. The average molecular weight is 452 g/mol. The smallest absolute Gasteiger partial charge is 0.417 e. The van der Waals surface area contributed by atoms with Gasteiger partial charge in [-0.1, -0.05) is 13.8 Å². The summed E-state index contributed by atoms with van der Waals surface area (Å²) in [6.07, 6.45) is 2.49. The number of halogens is 1. The summed E-state index contributed by atoms with van der Waals surface area (Å²) in [6.45, 7) is 7.92. The maximum Gasteiger partial charge on any atom is 0.417 e. The Balaban J connectivity index is 1.44. The van der Waals surface area contributed by atoms with Crippen molar-refractivity contribution in [2.24, 2.45) is 5.92 Å². The van der Waals surface area contributed by atoms with Crippen LogP contribution in [0.25, 0.3) is 0 Å². The zero-order valence-electron chi connectivity index (χ0n) is 18.8. The molecule has 2 aromatic heterocycles. The van der Waals surface area contributed by atoms with Crippen molar-refractivity contribution in [1.29, 1.82) is 0 Å². The second-order valence-electron chi connectivity index (χ2n) is 8.17. The van der Waals surface area contributed by atoms with Gasteiger partial charge in [-0.2, -0.15) is 4.98 Å². The van der Waals surface area contributed by atoms with Crippen molar-refractivity contribution in [2.75, 3.05) is 16.8 Å². The number of nitrogens with zero attached hydrogens (tertiary/aromatic N) is 5. The van der Waals surface area contributed by atoms with Gasteiger partial charge in [0.1, 0.15) is 30.3 Å². The van der Waals surface area contributed by atoms with E-state index in [2.05, 4.69) is 25.3 Å². The molecule has 33 heavy (non-hydrogen) atoms. The predicted molar refractivity (Wildman–Crippen MR) is 120 cm³/mol. The lowest BCUT2D eigenvalue weighted by Gasteiger charge is -2.22. The van der Waals surface area contributed by atoms with Crippen molar-refractivity contribution in [1.82, 2.24) is 19.9 Å². The van der Waals surface area contributed by atoms with Gasteiger partial charge < -0.3 is 14.8 Å². The zero-order chi connectivity index (χ0) is 23.5. The minimum atomic E-state index is -0.465. The number of anilines is 2. The van der Waals surface area contributed by atoms with E-state index in [0.29, 0.717) is 29.6 Å². The number of carbonyl (C=O) groups excluding carboxylic acids is 1. The van der Waals surface area contributed by atoms with Gasteiger partial charge in [0.15, 0.2) is 0 Å². The third kappa shape index (κ3) is 5.00. The summed E-state index contributed by atoms with van der Waals surface area (Å²) in [5, 5.41) is 3.18. The standard InChI is InChI=1S/C23H25FN6O3/c1-13(2)20-11-32-23(31)30(20)22-27-12-26-21(29-22)28-15(4)19-8-6-17(10-25-19)33-16-5-7-18(24)14(3)9-16/h5-10,12-13,15,20H,11H2,1-4H3,(H,26,27,28,29)/t15-,20+/m0/s1. The number of nitrogens with one attached hydrogen (secondary N) is 1. The number of benzene rings is 1. The number of cyclic esters (lactones) is 1. The summed E-state index contributed by atoms with van der Waals surface area (Å²) in [4.78, 5) is 30.8. The molecule has 0 radical (unpaired) electrons. The highest BCUT2D eigenvalue weighted by molar-refractivity contribution is 5.88. The Morgan fingerprint density at radius 3 is 2.64 bits per heavy atom. The Kier molecular flexibility index (Phi) is 6.34. The third-order valence-corrected chi connectivity index (χ3v) is 5.36. The maximum atomic E-state index is 13.4. The van der Waals surface area contributed by atoms with Crippen LogP contribution in [0.2, 0.25) is 0 Å². The molecule has 0 aliphatic carbocycles. The molecule has 1 aliphatic heterocycles. The van der Waals surface area contributed by atoms with Crippen molar-refractivity contribution in [2.45, 2.75) is 39.8 Å². The van der Waals surface area contributed by atoms with Gasteiger partial charge in [0.2, 0.25) is 11.9 Å². The average Bonchev–Trinajstić information content (AvgIpc) is 3.19. The first-order chi connectivity index (χ1) is 15.8. The SMILES string of the molecule is Cc1cc(Oc2ccc([C@H](C)Nc3ncnc(N4C(=O)OC[C@@H]4C(C)C)n3)nc2)ccc1F. The van der Waals surface area contributed by atoms with E-state index >= 15 is 0 Å². The molecule has 0 saturated carbocycles. The summed E-state index contributed by atoms with van der Waals surface area (Å²) >= 11 is 0. The minimum Gasteiger partial charge on any atom is -0.456 e. The Hall–Kier alpha value is -3.82. The van der Waals surface area contributed by atoms with Gasteiger partial charge in [0, 0.05) is 0 Å². The van der Waals surface area contributed by atoms with Crippen LogP contribution in [-0.2, 0) is 4.74 Å². The van der Waals surface area contributed by atoms with Crippen molar-refractivity contribution >= 4 is 18.0 Å². The lowest BCUT2D eigenvalue weighted by molar-refractivity contribution is 0.177. The molecule has 3 aromatic rings. The number of aryl methyl sites for hydroxylation is 1. The molecule has 0 unspecified atom stereocenters. The van der Waals surface area contributed by atoms with E-state index in [9.17, 15) is 9.18 Å². The van der Waals surface area contributed by atoms with Crippen molar-refractivity contribution < 1.29 is 18.7 Å². The first-order valence-corrected chi connectivity index (χ1v) is 10.6. The van der Waals surface area contributed by atoms with E-state index in [1.54, 1.807) is 31.3 Å². The summed E-state index contributed by atoms with van der Waals surface area (Å²) in [7, 11) is 0. The van der Waals surface area contributed by atoms with Crippen LogP contribution in [0, 0.1) is 18.7 Å². The monoisotopic (exact) mass is 452 g/mol. The van der Waals surface area contributed by atoms with E-state index < -0.39 is 6.09 Å². The van der Waals surface area contributed by atoms with E-state index in [4.69, 9.17) is 9.47 Å². The molecule has 4 rings (SSSR count). The molecule has 10 heteroatoms. The number of carbonyl (C=O) groups is 1. The fraction of sp³-hybridized carbons (Fsp3) is 0.348. The molecule has 0 spiro atoms. The van der Waals surface area contributed by atoms with Gasteiger partial charge in [-0.15, -0.1) is 0 Å². The number of rotatable bonds is 7. The lowest BCUT2D eigenvalue weighted by Crippen LogP contribution is -2.38. The van der Waals surface area contributed by atoms with Gasteiger partial charge in [-0.05, 0) is 55.7 Å². The summed E-state index contributed by atoms with van der Waals surface area (Å²) in [5.74, 6) is 1.54. The van der Waals surface area contributed by atoms with Crippen LogP contribution in [0.15, 0.2) is 42.9 Å². The second-order valence-corrected chi connectivity index (χ2v) is 8.17. The second kappa shape index (κ2) is 9.35. The van der Waals surface area contributed by atoms with Crippen LogP contribution in [0.1, 0.15) is 38.1 Å². The highest BCUT2D eigenvalue weighted by atomic mass is 19.1. The number of pyridine rings is 1. The summed E-state index contributed by atoms with van der Waals surface area (Å²) in [6, 6.07) is 7.80. The molecule has 172 valence electrons. The van der Waals surface area contributed by atoms with E-state index in [1.165, 1.54) is 17.3 Å². The van der Waals surface area contributed by atoms with Gasteiger partial charge >= 0.3 is 6.09 Å². The van der Waals surface area contributed by atoms with Crippen molar-refractivity contribution in [3.05, 3.63) is 59.9 Å². The van der Waals surface area contributed by atoms with E-state index in [1.807, 2.05) is 26.8 Å². The van der Waals surface area contributed by atoms with Crippen LogP contribution in [-0.4, -0.2) is 38.7 Å². The van der Waals surface area contributed by atoms with Gasteiger partial charge in [0.25, 0.3) is 0 Å². The molecule has 1 amide bonds. The Labute approximate surface area is 191 Å². The van der Waals surface area contributed by atoms with Gasteiger partial charge in [-0.25, -0.2) is 24.1 Å².